The monoisotopic (exact) mass is 826 g/mol. The molecule has 0 amide bonds. The molecule has 2 heterocycles. The number of nitrogens with zero attached hydrogens (tertiary/aromatic N) is 2. The van der Waals surface area contributed by atoms with Crippen molar-refractivity contribution in [3.63, 3.8) is 0 Å². The highest BCUT2D eigenvalue weighted by molar-refractivity contribution is 7.25. The van der Waals surface area contributed by atoms with Crippen molar-refractivity contribution in [1.82, 2.24) is 4.98 Å². The summed E-state index contributed by atoms with van der Waals surface area (Å²) >= 11 is 1.85. The molecule has 0 aliphatic carbocycles. The molecular formula is C57H38N2OSSi. The molecule has 0 aliphatic heterocycles. The van der Waals surface area contributed by atoms with Crippen LogP contribution in [0.3, 0.4) is 0 Å². The minimum atomic E-state index is -2.72. The Hall–Kier alpha value is -7.57. The highest BCUT2D eigenvalue weighted by Gasteiger charge is 2.41. The number of hydrogen-bond acceptors (Lipinski definition) is 4. The van der Waals surface area contributed by atoms with Gasteiger partial charge in [0.15, 0.2) is 13.7 Å². The maximum Gasteiger partial charge on any atom is 0.227 e. The highest BCUT2D eigenvalue weighted by Crippen LogP contribution is 2.43. The molecule has 0 atom stereocenters. The summed E-state index contributed by atoms with van der Waals surface area (Å²) in [6, 6.07) is 84.1. The van der Waals surface area contributed by atoms with Crippen molar-refractivity contribution < 1.29 is 4.42 Å². The van der Waals surface area contributed by atoms with E-state index in [1.807, 2.05) is 41.7 Å². The lowest BCUT2D eigenvalue weighted by atomic mass is 10.00. The zero-order valence-electron chi connectivity index (χ0n) is 33.7. The second-order valence-electron chi connectivity index (χ2n) is 15.9. The number of anilines is 3. The Morgan fingerprint density at radius 1 is 0.403 bits per heavy atom. The molecule has 5 heteroatoms. The second kappa shape index (κ2) is 14.9. The summed E-state index contributed by atoms with van der Waals surface area (Å²) in [6.07, 6.45) is 0. The van der Waals surface area contributed by atoms with Gasteiger partial charge in [-0.25, -0.2) is 4.98 Å². The molecule has 292 valence electrons. The highest BCUT2D eigenvalue weighted by atomic mass is 32.1. The van der Waals surface area contributed by atoms with Gasteiger partial charge in [-0.2, -0.15) is 0 Å². The third kappa shape index (κ3) is 5.89. The van der Waals surface area contributed by atoms with E-state index < -0.39 is 8.07 Å². The van der Waals surface area contributed by atoms with Crippen LogP contribution in [0.4, 0.5) is 17.1 Å². The lowest BCUT2D eigenvalue weighted by Gasteiger charge is -2.35. The summed E-state index contributed by atoms with van der Waals surface area (Å²) in [4.78, 5) is 7.38. The number of benzene rings is 10. The third-order valence-electron chi connectivity index (χ3n) is 12.4. The lowest BCUT2D eigenvalue weighted by molar-refractivity contribution is 0.623. The SMILES string of the molecule is c1ccc(-c2nc3ccc4ccc5ccc(N(c6ccc([Si](c7ccccc7)(c7ccccc7)c7ccccc7)cc6)c6ccc7sc8ccccc8c7c6)cc5c4c3o2)cc1. The molecule has 0 radical (unpaired) electrons. The molecule has 0 aliphatic rings. The first-order valence-corrected chi connectivity index (χ1v) is 23.8. The summed E-state index contributed by atoms with van der Waals surface area (Å²) < 4.78 is 9.23. The van der Waals surface area contributed by atoms with Crippen LogP contribution in [-0.2, 0) is 0 Å². The maximum atomic E-state index is 6.66. The number of aromatic nitrogens is 1. The van der Waals surface area contributed by atoms with Crippen LogP contribution in [0.15, 0.2) is 235 Å². The van der Waals surface area contributed by atoms with Crippen LogP contribution in [-0.4, -0.2) is 13.1 Å². The predicted molar refractivity (Wildman–Crippen MR) is 266 cm³/mol. The normalized spacial score (nSPS) is 11.9. The van der Waals surface area contributed by atoms with Crippen LogP contribution in [0, 0.1) is 0 Å². The summed E-state index contributed by atoms with van der Waals surface area (Å²) in [5, 5.41) is 12.4. The largest absolute Gasteiger partial charge is 0.435 e. The molecule has 2 aromatic heterocycles. The Bertz CT molecular complexity index is 3470. The van der Waals surface area contributed by atoms with E-state index >= 15 is 0 Å². The quantitative estimate of drug-likeness (QED) is 0.0868. The molecule has 62 heavy (non-hydrogen) atoms. The van der Waals surface area contributed by atoms with Gasteiger partial charge >= 0.3 is 0 Å². The Labute approximate surface area is 364 Å². The first-order valence-electron chi connectivity index (χ1n) is 21.0. The number of hydrogen-bond donors (Lipinski definition) is 0. The van der Waals surface area contributed by atoms with Crippen LogP contribution < -0.4 is 25.6 Å². The first-order chi connectivity index (χ1) is 30.7. The van der Waals surface area contributed by atoms with Crippen molar-refractivity contribution in [2.24, 2.45) is 0 Å². The average Bonchev–Trinajstić information content (AvgIpc) is 3.96. The second-order valence-corrected chi connectivity index (χ2v) is 20.8. The molecule has 10 aromatic carbocycles. The number of rotatable bonds is 8. The van der Waals surface area contributed by atoms with Gasteiger partial charge in [-0.15, -0.1) is 11.3 Å². The van der Waals surface area contributed by atoms with Gasteiger partial charge < -0.3 is 9.32 Å². The van der Waals surface area contributed by atoms with Crippen LogP contribution >= 0.6 is 11.3 Å². The van der Waals surface area contributed by atoms with Gasteiger partial charge in [0.1, 0.15) is 5.52 Å². The van der Waals surface area contributed by atoms with E-state index in [2.05, 4.69) is 205 Å². The summed E-state index contributed by atoms with van der Waals surface area (Å²) in [7, 11) is -2.72. The minimum Gasteiger partial charge on any atom is -0.435 e. The molecule has 0 spiro atoms. The minimum absolute atomic E-state index is 0.625. The molecular weight excluding hydrogens is 789 g/mol. The van der Waals surface area contributed by atoms with E-state index in [-0.39, 0.29) is 0 Å². The predicted octanol–water partition coefficient (Wildman–Crippen LogP) is 13.0. The van der Waals surface area contributed by atoms with E-state index in [4.69, 9.17) is 9.40 Å². The van der Waals surface area contributed by atoms with Crippen molar-refractivity contribution in [3.8, 4) is 11.5 Å². The summed E-state index contributed by atoms with van der Waals surface area (Å²) in [5.41, 5.74) is 5.86. The topological polar surface area (TPSA) is 29.3 Å². The van der Waals surface area contributed by atoms with E-state index in [1.165, 1.54) is 40.9 Å². The van der Waals surface area contributed by atoms with E-state index in [0.29, 0.717) is 5.89 Å². The van der Waals surface area contributed by atoms with Gasteiger partial charge in [0.2, 0.25) is 5.89 Å². The molecule has 0 saturated heterocycles. The summed E-state index contributed by atoms with van der Waals surface area (Å²) in [6.45, 7) is 0. The van der Waals surface area contributed by atoms with Crippen molar-refractivity contribution >= 4 is 110 Å². The first kappa shape index (κ1) is 36.3. The van der Waals surface area contributed by atoms with Gasteiger partial charge in [-0.1, -0.05) is 164 Å². The fraction of sp³-hybridized carbons (Fsp3) is 0. The van der Waals surface area contributed by atoms with Crippen molar-refractivity contribution in [3.05, 3.63) is 231 Å². The van der Waals surface area contributed by atoms with Crippen LogP contribution in [0.2, 0.25) is 0 Å². The molecule has 0 unspecified atom stereocenters. The zero-order chi connectivity index (χ0) is 41.0. The number of thiophene rings is 1. The van der Waals surface area contributed by atoms with E-state index in [0.717, 1.165) is 55.3 Å². The number of fused-ring (bicyclic) bond motifs is 8. The molecule has 0 bridgehead atoms. The number of oxazole rings is 1. The van der Waals surface area contributed by atoms with Crippen LogP contribution in [0.1, 0.15) is 0 Å². The molecule has 12 rings (SSSR count). The summed E-state index contributed by atoms with van der Waals surface area (Å²) in [5.74, 6) is 0.625. The van der Waals surface area contributed by atoms with Crippen molar-refractivity contribution in [2.45, 2.75) is 0 Å². The van der Waals surface area contributed by atoms with Gasteiger partial charge in [0, 0.05) is 48.2 Å². The molecule has 3 nitrogen and oxygen atoms in total. The van der Waals surface area contributed by atoms with Gasteiger partial charge in [0.25, 0.3) is 0 Å². The molecule has 12 aromatic rings. The van der Waals surface area contributed by atoms with Crippen molar-refractivity contribution in [2.75, 3.05) is 4.90 Å². The maximum absolute atomic E-state index is 6.66. The molecule has 0 saturated carbocycles. The Balaban J connectivity index is 1.08. The van der Waals surface area contributed by atoms with Gasteiger partial charge in [0.05, 0.1) is 0 Å². The van der Waals surface area contributed by atoms with Crippen molar-refractivity contribution in [1.29, 1.82) is 0 Å². The fourth-order valence-corrected chi connectivity index (χ4v) is 15.4. The standard InChI is InChI=1S/C57H38N2OSSi/c1-5-15-41(16-6-1)57-58-52-35-28-40-26-25-39-27-29-43(37-50(39)55(40)56(52)60-57)59(44-32-36-54-51(38-44)49-23-13-14-24-53(49)61-54)42-30-33-48(34-31-42)62(45-17-7-2-8-18-45,46-19-9-3-10-20-46)47-21-11-4-12-22-47/h1-38H. The smallest absolute Gasteiger partial charge is 0.227 e. The van der Waals surface area contributed by atoms with E-state index in [1.54, 1.807) is 0 Å². The third-order valence-corrected chi connectivity index (χ3v) is 18.4. The van der Waals surface area contributed by atoms with E-state index in [9.17, 15) is 0 Å². The fourth-order valence-electron chi connectivity index (χ4n) is 9.58. The molecule has 0 fully saturated rings. The van der Waals surface area contributed by atoms with Gasteiger partial charge in [-0.3, -0.25) is 0 Å². The Morgan fingerprint density at radius 3 is 1.58 bits per heavy atom. The Morgan fingerprint density at radius 2 is 0.903 bits per heavy atom. The lowest BCUT2D eigenvalue weighted by Crippen LogP contribution is -2.74. The van der Waals surface area contributed by atoms with Crippen LogP contribution in [0.5, 0.6) is 0 Å². The average molecular weight is 827 g/mol. The van der Waals surface area contributed by atoms with Gasteiger partial charge in [-0.05, 0) is 104 Å². The molecule has 0 N–H and O–H groups in total. The zero-order valence-corrected chi connectivity index (χ0v) is 35.5. The Kier molecular flexibility index (Phi) is 8.70. The van der Waals surface area contributed by atoms with Crippen LogP contribution in [0.25, 0.3) is 64.3 Å².